The Morgan fingerprint density at radius 3 is 2.67 bits per heavy atom. The topological polar surface area (TPSA) is 50.7 Å². The number of hydrogen-bond donors (Lipinski definition) is 1. The largest absolute Gasteiger partial charge is 0.484 e. The minimum Gasteiger partial charge on any atom is -0.484 e. The second-order valence-corrected chi connectivity index (χ2v) is 4.90. The molecule has 2 aromatic rings. The van der Waals surface area contributed by atoms with Crippen LogP contribution in [-0.4, -0.2) is 18.7 Å². The normalized spacial score (nSPS) is 10.6. The molecule has 2 aromatic carbocycles. The van der Waals surface area contributed by atoms with Crippen molar-refractivity contribution in [1.29, 1.82) is 0 Å². The molecular formula is C15H12Cl2N2O2. The molecule has 0 bridgehead atoms. The van der Waals surface area contributed by atoms with Crippen LogP contribution in [0.5, 0.6) is 5.75 Å². The maximum absolute atomic E-state index is 11.5. The van der Waals surface area contributed by atoms with Gasteiger partial charge in [0.25, 0.3) is 5.91 Å². The van der Waals surface area contributed by atoms with Crippen LogP contribution in [0.2, 0.25) is 10.0 Å². The van der Waals surface area contributed by atoms with Crippen LogP contribution in [0.3, 0.4) is 0 Å². The molecule has 0 fully saturated rings. The molecule has 1 N–H and O–H groups in total. The van der Waals surface area contributed by atoms with Crippen molar-refractivity contribution >= 4 is 35.3 Å². The van der Waals surface area contributed by atoms with E-state index in [9.17, 15) is 4.79 Å². The molecule has 0 radical (unpaired) electrons. The third kappa shape index (κ3) is 5.10. The van der Waals surface area contributed by atoms with Crippen LogP contribution >= 0.6 is 23.2 Å². The van der Waals surface area contributed by atoms with Gasteiger partial charge in [-0.3, -0.25) is 4.79 Å². The number of hydrazone groups is 1. The van der Waals surface area contributed by atoms with E-state index < -0.39 is 0 Å². The Kier molecular flexibility index (Phi) is 5.60. The van der Waals surface area contributed by atoms with Crippen molar-refractivity contribution in [2.75, 3.05) is 6.61 Å². The summed E-state index contributed by atoms with van der Waals surface area (Å²) < 4.78 is 5.28. The fraction of sp³-hybridized carbons (Fsp3) is 0.0667. The summed E-state index contributed by atoms with van der Waals surface area (Å²) in [6.07, 6.45) is 1.44. The van der Waals surface area contributed by atoms with Crippen molar-refractivity contribution in [2.45, 2.75) is 0 Å². The predicted octanol–water partition coefficient (Wildman–Crippen LogP) is 3.52. The van der Waals surface area contributed by atoms with E-state index in [2.05, 4.69) is 10.5 Å². The molecule has 0 spiro atoms. The molecule has 1 amide bonds. The van der Waals surface area contributed by atoms with Gasteiger partial charge in [-0.2, -0.15) is 5.10 Å². The quantitative estimate of drug-likeness (QED) is 0.676. The van der Waals surface area contributed by atoms with E-state index in [1.165, 1.54) is 6.21 Å². The molecule has 0 unspecified atom stereocenters. The van der Waals surface area contributed by atoms with Crippen molar-refractivity contribution in [1.82, 2.24) is 5.43 Å². The van der Waals surface area contributed by atoms with Gasteiger partial charge in [0, 0.05) is 10.6 Å². The average molecular weight is 323 g/mol. The van der Waals surface area contributed by atoms with Gasteiger partial charge in [0.1, 0.15) is 5.75 Å². The van der Waals surface area contributed by atoms with Crippen LogP contribution < -0.4 is 10.2 Å². The van der Waals surface area contributed by atoms with Crippen molar-refractivity contribution in [2.24, 2.45) is 5.10 Å². The van der Waals surface area contributed by atoms with E-state index in [0.717, 1.165) is 0 Å². The molecule has 4 nitrogen and oxygen atoms in total. The number of rotatable bonds is 5. The second-order valence-electron chi connectivity index (χ2n) is 4.06. The maximum Gasteiger partial charge on any atom is 0.277 e. The number of carbonyl (C=O) groups is 1. The van der Waals surface area contributed by atoms with Crippen molar-refractivity contribution in [3.05, 3.63) is 64.1 Å². The SMILES string of the molecule is O=C(COc1ccccc1)N/N=C\c1ccc(Cl)cc1Cl. The lowest BCUT2D eigenvalue weighted by molar-refractivity contribution is -0.123. The van der Waals surface area contributed by atoms with E-state index in [4.69, 9.17) is 27.9 Å². The average Bonchev–Trinajstić information content (AvgIpc) is 2.48. The zero-order valence-corrected chi connectivity index (χ0v) is 12.4. The van der Waals surface area contributed by atoms with Crippen LogP contribution in [0, 0.1) is 0 Å². The highest BCUT2D eigenvalue weighted by Gasteiger charge is 2.01. The summed E-state index contributed by atoms with van der Waals surface area (Å²) in [4.78, 5) is 11.5. The van der Waals surface area contributed by atoms with Gasteiger partial charge in [-0.1, -0.05) is 47.5 Å². The van der Waals surface area contributed by atoms with Gasteiger partial charge >= 0.3 is 0 Å². The minimum atomic E-state index is -0.361. The first-order chi connectivity index (χ1) is 10.1. The smallest absolute Gasteiger partial charge is 0.277 e. The van der Waals surface area contributed by atoms with E-state index in [0.29, 0.717) is 21.4 Å². The van der Waals surface area contributed by atoms with Crippen LogP contribution in [0.15, 0.2) is 53.6 Å². The van der Waals surface area contributed by atoms with Gasteiger partial charge in [0.2, 0.25) is 0 Å². The third-order valence-electron chi connectivity index (χ3n) is 2.47. The first kappa shape index (κ1) is 15.4. The van der Waals surface area contributed by atoms with Crippen molar-refractivity contribution in [3.63, 3.8) is 0 Å². The van der Waals surface area contributed by atoms with E-state index >= 15 is 0 Å². The van der Waals surface area contributed by atoms with Gasteiger partial charge in [0.05, 0.1) is 11.2 Å². The summed E-state index contributed by atoms with van der Waals surface area (Å²) in [5.41, 5.74) is 3.01. The van der Waals surface area contributed by atoms with E-state index in [1.807, 2.05) is 18.2 Å². The fourth-order valence-electron chi connectivity index (χ4n) is 1.48. The predicted molar refractivity (Wildman–Crippen MR) is 84.1 cm³/mol. The van der Waals surface area contributed by atoms with Gasteiger partial charge in [-0.05, 0) is 24.3 Å². The molecule has 0 aliphatic carbocycles. The summed E-state index contributed by atoms with van der Waals surface area (Å²) >= 11 is 11.8. The maximum atomic E-state index is 11.5. The Hall–Kier alpha value is -2.04. The number of hydrogen-bond acceptors (Lipinski definition) is 3. The van der Waals surface area contributed by atoms with Gasteiger partial charge in [0.15, 0.2) is 6.61 Å². The Labute approximate surface area is 132 Å². The monoisotopic (exact) mass is 322 g/mol. The van der Waals surface area contributed by atoms with E-state index in [1.54, 1.807) is 30.3 Å². The third-order valence-corrected chi connectivity index (χ3v) is 3.03. The standard InChI is InChI=1S/C15H12Cl2N2O2/c16-12-7-6-11(14(17)8-12)9-18-19-15(20)10-21-13-4-2-1-3-5-13/h1-9H,10H2,(H,19,20)/b18-9-. The summed E-state index contributed by atoms with van der Waals surface area (Å²) in [6.45, 7) is -0.115. The van der Waals surface area contributed by atoms with Gasteiger partial charge < -0.3 is 4.74 Å². The molecule has 0 aromatic heterocycles. The van der Waals surface area contributed by atoms with Crippen LogP contribution in [0.25, 0.3) is 0 Å². The van der Waals surface area contributed by atoms with E-state index in [-0.39, 0.29) is 12.5 Å². The molecule has 21 heavy (non-hydrogen) atoms. The highest BCUT2D eigenvalue weighted by atomic mass is 35.5. The highest BCUT2D eigenvalue weighted by molar-refractivity contribution is 6.36. The number of nitrogens with zero attached hydrogens (tertiary/aromatic N) is 1. The van der Waals surface area contributed by atoms with Crippen LogP contribution in [0.4, 0.5) is 0 Å². The lowest BCUT2D eigenvalue weighted by atomic mass is 10.2. The Bertz CT molecular complexity index is 645. The fourth-order valence-corrected chi connectivity index (χ4v) is 1.94. The Morgan fingerprint density at radius 2 is 1.95 bits per heavy atom. The van der Waals surface area contributed by atoms with Crippen LogP contribution in [-0.2, 0) is 4.79 Å². The number of ether oxygens (including phenoxy) is 1. The minimum absolute atomic E-state index is 0.115. The first-order valence-electron chi connectivity index (χ1n) is 6.10. The molecule has 0 aliphatic heterocycles. The lowest BCUT2D eigenvalue weighted by Gasteiger charge is -2.04. The van der Waals surface area contributed by atoms with Crippen LogP contribution in [0.1, 0.15) is 5.56 Å². The zero-order valence-electron chi connectivity index (χ0n) is 10.9. The zero-order chi connectivity index (χ0) is 15.1. The number of halogens is 2. The number of benzene rings is 2. The number of carbonyl (C=O) groups excluding carboxylic acids is 1. The Balaban J connectivity index is 1.82. The number of para-hydroxylation sites is 1. The molecule has 108 valence electrons. The number of nitrogens with one attached hydrogen (secondary N) is 1. The molecule has 2 rings (SSSR count). The Morgan fingerprint density at radius 1 is 1.19 bits per heavy atom. The summed E-state index contributed by atoms with van der Waals surface area (Å²) in [5.74, 6) is 0.262. The highest BCUT2D eigenvalue weighted by Crippen LogP contribution is 2.19. The second kappa shape index (κ2) is 7.67. The molecule has 0 saturated carbocycles. The van der Waals surface area contributed by atoms with Gasteiger partial charge in [-0.15, -0.1) is 0 Å². The van der Waals surface area contributed by atoms with Gasteiger partial charge in [-0.25, -0.2) is 5.43 Å². The molecule has 6 heteroatoms. The first-order valence-corrected chi connectivity index (χ1v) is 6.85. The lowest BCUT2D eigenvalue weighted by Crippen LogP contribution is -2.24. The van der Waals surface area contributed by atoms with Crippen molar-refractivity contribution < 1.29 is 9.53 Å². The molecule has 0 aliphatic rings. The molecule has 0 saturated heterocycles. The summed E-state index contributed by atoms with van der Waals surface area (Å²) in [6, 6.07) is 14.1. The summed E-state index contributed by atoms with van der Waals surface area (Å²) in [5, 5.41) is 4.81. The molecule has 0 atom stereocenters. The summed E-state index contributed by atoms with van der Waals surface area (Å²) in [7, 11) is 0. The molecular weight excluding hydrogens is 311 g/mol. The van der Waals surface area contributed by atoms with Crippen molar-refractivity contribution in [3.8, 4) is 5.75 Å². The molecule has 0 heterocycles. The number of amides is 1.